The topological polar surface area (TPSA) is 224 Å². The van der Waals surface area contributed by atoms with Gasteiger partial charge in [0.15, 0.2) is 5.75 Å². The number of nitrogens with zero attached hydrogens (tertiary/aromatic N) is 2. The number of anilines is 1. The summed E-state index contributed by atoms with van der Waals surface area (Å²) in [5, 5.41) is 31.6. The fraction of sp³-hybridized carbons (Fsp3) is 0.710. The summed E-state index contributed by atoms with van der Waals surface area (Å²) < 4.78 is 5.15. The van der Waals surface area contributed by atoms with E-state index in [-0.39, 0.29) is 67.9 Å². The Kier molecular flexibility index (Phi) is 21.1. The molecule has 16 nitrogen and oxygen atoms in total. The minimum Gasteiger partial charge on any atom is -0.488 e. The third-order valence-corrected chi connectivity index (χ3v) is 7.17. The molecule has 0 fully saturated rings. The second-order valence-electron chi connectivity index (χ2n) is 11.1. The van der Waals surface area contributed by atoms with E-state index in [1.807, 2.05) is 0 Å². The summed E-state index contributed by atoms with van der Waals surface area (Å²) in [6, 6.07) is 0. The number of rotatable bonds is 27. The SMILES string of the molecule is CCOc1c(NCCCCCNC(=O)CCC(=O)NCCCCCN(O)C(=O)CCC(=O)NCCCCCN(O)C(C)=O)c(=O)c1=O. The molecule has 0 radical (unpaired) electrons. The van der Waals surface area contributed by atoms with Gasteiger partial charge in [-0.25, -0.2) is 10.1 Å². The first-order valence-corrected chi connectivity index (χ1v) is 16.4. The number of unbranched alkanes of at least 4 members (excludes halogenated alkanes) is 6. The monoisotopic (exact) mass is 668 g/mol. The van der Waals surface area contributed by atoms with E-state index < -0.39 is 22.7 Å². The molecular formula is C31H52N6O10. The zero-order chi connectivity index (χ0) is 35.0. The molecule has 1 aromatic carbocycles. The smallest absolute Gasteiger partial charge is 0.272 e. The van der Waals surface area contributed by atoms with Crippen LogP contribution in [0.25, 0.3) is 0 Å². The molecule has 1 aromatic rings. The van der Waals surface area contributed by atoms with Crippen molar-refractivity contribution in [2.45, 2.75) is 97.3 Å². The van der Waals surface area contributed by atoms with E-state index in [2.05, 4.69) is 21.3 Å². The molecule has 1 rings (SSSR count). The van der Waals surface area contributed by atoms with Gasteiger partial charge in [0.05, 0.1) is 6.61 Å². The maximum Gasteiger partial charge on any atom is 0.272 e. The lowest BCUT2D eigenvalue weighted by Crippen LogP contribution is -2.36. The van der Waals surface area contributed by atoms with E-state index in [4.69, 9.17) is 4.74 Å². The molecule has 0 unspecified atom stereocenters. The van der Waals surface area contributed by atoms with Crippen LogP contribution in [0.2, 0.25) is 0 Å². The third kappa shape index (κ3) is 18.0. The first-order chi connectivity index (χ1) is 22.5. The lowest BCUT2D eigenvalue weighted by Gasteiger charge is -2.15. The van der Waals surface area contributed by atoms with Gasteiger partial charge in [-0.05, 0) is 64.7 Å². The number of amides is 5. The van der Waals surface area contributed by atoms with Crippen LogP contribution in [-0.2, 0) is 24.0 Å². The minimum absolute atomic E-state index is 0.0452. The van der Waals surface area contributed by atoms with Crippen molar-refractivity contribution in [1.82, 2.24) is 26.1 Å². The quantitative estimate of drug-likeness (QED) is 0.0335. The lowest BCUT2D eigenvalue weighted by molar-refractivity contribution is -0.166. The van der Waals surface area contributed by atoms with E-state index in [9.17, 15) is 44.0 Å². The lowest BCUT2D eigenvalue weighted by atomic mass is 10.2. The van der Waals surface area contributed by atoms with E-state index in [0.717, 1.165) is 19.3 Å². The van der Waals surface area contributed by atoms with Crippen molar-refractivity contribution in [3.05, 3.63) is 20.4 Å². The van der Waals surface area contributed by atoms with Gasteiger partial charge >= 0.3 is 0 Å². The molecule has 5 amide bonds. The standard InChI is InChI=1S/C31H52N6O10/c1-3-47-31-28(29(43)30(31)44)35-20-8-4-7-17-32-24(39)13-14-25(40)33-18-10-6-12-22-37(46)27(42)16-15-26(41)34-19-9-5-11-21-36(45)23(2)38/h35,45-46H,3-22H2,1-2H3,(H,32,39)(H,33,40)(H,34,41). The van der Waals surface area contributed by atoms with Crippen molar-refractivity contribution in [2.75, 3.05) is 51.2 Å². The molecule has 0 spiro atoms. The summed E-state index contributed by atoms with van der Waals surface area (Å²) in [7, 11) is 0. The highest BCUT2D eigenvalue weighted by molar-refractivity contribution is 5.84. The van der Waals surface area contributed by atoms with Crippen LogP contribution in [0.1, 0.15) is 97.3 Å². The Labute approximate surface area is 275 Å². The Morgan fingerprint density at radius 1 is 0.617 bits per heavy atom. The van der Waals surface area contributed by atoms with Crippen LogP contribution in [0.15, 0.2) is 9.59 Å². The fourth-order valence-corrected chi connectivity index (χ4v) is 4.39. The third-order valence-electron chi connectivity index (χ3n) is 7.17. The van der Waals surface area contributed by atoms with Gasteiger partial charge in [-0.1, -0.05) is 0 Å². The van der Waals surface area contributed by atoms with Gasteiger partial charge in [0.2, 0.25) is 29.5 Å². The molecular weight excluding hydrogens is 616 g/mol. The number of hydroxylamine groups is 4. The summed E-state index contributed by atoms with van der Waals surface area (Å²) in [6.07, 6.45) is 6.03. The number of carbonyl (C=O) groups excluding carboxylic acids is 5. The maximum atomic E-state index is 12.0. The van der Waals surface area contributed by atoms with Gasteiger partial charge in [-0.3, -0.25) is 44.0 Å². The number of ether oxygens (including phenoxy) is 1. The Morgan fingerprint density at radius 3 is 1.55 bits per heavy atom. The average Bonchev–Trinajstić information content (AvgIpc) is 3.05. The van der Waals surface area contributed by atoms with Crippen LogP contribution < -0.4 is 36.9 Å². The van der Waals surface area contributed by atoms with Crippen molar-refractivity contribution in [2.24, 2.45) is 0 Å². The molecule has 16 heteroatoms. The van der Waals surface area contributed by atoms with E-state index in [0.29, 0.717) is 81.4 Å². The zero-order valence-electron chi connectivity index (χ0n) is 27.7. The molecule has 0 aliphatic heterocycles. The molecule has 0 aliphatic carbocycles. The summed E-state index contributed by atoms with van der Waals surface area (Å²) in [6.45, 7) is 5.47. The molecule has 6 N–H and O–H groups in total. The van der Waals surface area contributed by atoms with Gasteiger partial charge in [-0.2, -0.15) is 0 Å². The first-order valence-electron chi connectivity index (χ1n) is 16.4. The molecule has 0 aromatic heterocycles. The number of hydrogen-bond donors (Lipinski definition) is 6. The summed E-state index contributed by atoms with van der Waals surface area (Å²) >= 11 is 0. The molecule has 0 saturated heterocycles. The first kappa shape index (κ1) is 41.0. The van der Waals surface area contributed by atoms with Crippen LogP contribution >= 0.6 is 0 Å². The van der Waals surface area contributed by atoms with Gasteiger partial charge < -0.3 is 26.0 Å². The van der Waals surface area contributed by atoms with Gasteiger partial charge in [0, 0.05) is 71.9 Å². The van der Waals surface area contributed by atoms with E-state index in [1.165, 1.54) is 6.92 Å². The fourth-order valence-electron chi connectivity index (χ4n) is 4.39. The minimum atomic E-state index is -0.603. The molecule has 0 atom stereocenters. The second kappa shape index (κ2) is 24.2. The molecule has 0 heterocycles. The van der Waals surface area contributed by atoms with Crippen molar-refractivity contribution >= 4 is 35.2 Å². The number of nitrogens with one attached hydrogen (secondary N) is 4. The van der Waals surface area contributed by atoms with Crippen LogP contribution in [0.5, 0.6) is 5.75 Å². The Balaban J connectivity index is 1.97. The highest BCUT2D eigenvalue weighted by Gasteiger charge is 2.21. The summed E-state index contributed by atoms with van der Waals surface area (Å²) in [5.74, 6) is -1.63. The second-order valence-corrected chi connectivity index (χ2v) is 11.1. The maximum absolute atomic E-state index is 12.0. The normalized spacial score (nSPS) is 10.7. The summed E-state index contributed by atoms with van der Waals surface area (Å²) in [5.41, 5.74) is -0.935. The Hall–Kier alpha value is -4.05. The molecule has 0 bridgehead atoms. The molecule has 47 heavy (non-hydrogen) atoms. The predicted octanol–water partition coefficient (Wildman–Crippen LogP) is 0.969. The Bertz CT molecular complexity index is 1200. The number of hydrogen-bond acceptors (Lipinski definition) is 11. The molecule has 0 saturated carbocycles. The zero-order valence-corrected chi connectivity index (χ0v) is 27.7. The van der Waals surface area contributed by atoms with Gasteiger partial charge in [0.25, 0.3) is 10.9 Å². The van der Waals surface area contributed by atoms with E-state index in [1.54, 1.807) is 6.92 Å². The van der Waals surface area contributed by atoms with Crippen LogP contribution in [0, 0.1) is 0 Å². The van der Waals surface area contributed by atoms with Crippen molar-refractivity contribution in [3.8, 4) is 5.75 Å². The highest BCUT2D eigenvalue weighted by atomic mass is 16.5. The van der Waals surface area contributed by atoms with Gasteiger partial charge in [0.1, 0.15) is 5.69 Å². The van der Waals surface area contributed by atoms with Crippen LogP contribution in [0.4, 0.5) is 5.69 Å². The highest BCUT2D eigenvalue weighted by Crippen LogP contribution is 2.17. The average molecular weight is 669 g/mol. The Morgan fingerprint density at radius 2 is 1.06 bits per heavy atom. The molecule has 0 aliphatic rings. The van der Waals surface area contributed by atoms with E-state index >= 15 is 0 Å². The van der Waals surface area contributed by atoms with Crippen molar-refractivity contribution in [1.29, 1.82) is 0 Å². The predicted molar refractivity (Wildman–Crippen MR) is 173 cm³/mol. The van der Waals surface area contributed by atoms with Crippen molar-refractivity contribution < 1.29 is 39.1 Å². The molecule has 266 valence electrons. The van der Waals surface area contributed by atoms with Crippen LogP contribution in [-0.4, -0.2) is 96.0 Å². The van der Waals surface area contributed by atoms with Crippen LogP contribution in [0.3, 0.4) is 0 Å². The summed E-state index contributed by atoms with van der Waals surface area (Å²) in [4.78, 5) is 81.8. The van der Waals surface area contributed by atoms with Gasteiger partial charge in [-0.15, -0.1) is 0 Å². The largest absolute Gasteiger partial charge is 0.488 e. The van der Waals surface area contributed by atoms with Crippen molar-refractivity contribution in [3.63, 3.8) is 0 Å². The number of carbonyl (C=O) groups is 5.